The van der Waals surface area contributed by atoms with Gasteiger partial charge in [-0.1, -0.05) is 53.4 Å². The molecule has 0 aromatic carbocycles. The van der Waals surface area contributed by atoms with Gasteiger partial charge >= 0.3 is 0 Å². The molecule has 10 heavy (non-hydrogen) atoms. The summed E-state index contributed by atoms with van der Waals surface area (Å²) in [7, 11) is 0. The maximum absolute atomic E-state index is 4.06. The number of nitrogens with zero attached hydrogens (tertiary/aromatic N) is 1. The highest BCUT2D eigenvalue weighted by Crippen LogP contribution is 1.86. The molecule has 0 bridgehead atoms. The Hall–Kier alpha value is 0.310. The summed E-state index contributed by atoms with van der Waals surface area (Å²) >= 11 is 4.06. The topological polar surface area (TPSA) is 3.24 Å². The molecule has 0 N–H and O–H groups in total. The quantitative estimate of drug-likeness (QED) is 0.626. The van der Waals surface area contributed by atoms with Crippen LogP contribution < -0.4 is 0 Å². The van der Waals surface area contributed by atoms with Gasteiger partial charge in [0.15, 0.2) is 0 Å². The zero-order valence-electron chi connectivity index (χ0n) is 7.72. The predicted octanol–water partition coefficient (Wildman–Crippen LogP) is 2.98. The van der Waals surface area contributed by atoms with Crippen molar-refractivity contribution in [3.63, 3.8) is 0 Å². The van der Waals surface area contributed by atoms with Gasteiger partial charge in [-0.05, 0) is 0 Å². The molecule has 1 nitrogen and oxygen atoms in total. The van der Waals surface area contributed by atoms with E-state index >= 15 is 0 Å². The van der Waals surface area contributed by atoms with Gasteiger partial charge in [-0.3, -0.25) is 4.31 Å². The summed E-state index contributed by atoms with van der Waals surface area (Å²) in [4.78, 5) is 0. The zero-order valence-corrected chi connectivity index (χ0v) is 8.62. The van der Waals surface area contributed by atoms with Crippen LogP contribution in [0.3, 0.4) is 0 Å². The second kappa shape index (κ2) is 12.0. The Bertz CT molecular complexity index is 42.5. The van der Waals surface area contributed by atoms with Crippen molar-refractivity contribution in [3.05, 3.63) is 0 Å². The summed E-state index contributed by atoms with van der Waals surface area (Å²) in [5.74, 6) is 0. The van der Waals surface area contributed by atoms with Crippen molar-refractivity contribution in [2.45, 2.75) is 40.5 Å². The van der Waals surface area contributed by atoms with Gasteiger partial charge in [0.2, 0.25) is 0 Å². The Morgan fingerprint density at radius 3 is 1.20 bits per heavy atom. The second-order valence-corrected chi connectivity index (χ2v) is 2.70. The van der Waals surface area contributed by atoms with E-state index < -0.39 is 0 Å². The highest BCUT2D eigenvalue weighted by molar-refractivity contribution is 7.77. The summed E-state index contributed by atoms with van der Waals surface area (Å²) in [6, 6.07) is 0. The molecule has 0 saturated carbocycles. The van der Waals surface area contributed by atoms with Gasteiger partial charge in [0.25, 0.3) is 0 Å². The largest absolute Gasteiger partial charge is 0.254 e. The van der Waals surface area contributed by atoms with Crippen LogP contribution in [-0.2, 0) is 0 Å². The SMILES string of the molecule is CCCC.CCN(S)CC. The van der Waals surface area contributed by atoms with Crippen LogP contribution in [0.2, 0.25) is 0 Å². The van der Waals surface area contributed by atoms with Crippen LogP contribution in [0, 0.1) is 0 Å². The van der Waals surface area contributed by atoms with Gasteiger partial charge in [-0.25, -0.2) is 0 Å². The Kier molecular flexibility index (Phi) is 15.6. The second-order valence-electron chi connectivity index (χ2n) is 2.14. The zero-order chi connectivity index (χ0) is 8.41. The molecule has 0 fully saturated rings. The predicted molar refractivity (Wildman–Crippen MR) is 52.5 cm³/mol. The molecule has 0 aliphatic carbocycles. The number of hydrogen-bond acceptors (Lipinski definition) is 2. The molecule has 0 atom stereocenters. The minimum absolute atomic E-state index is 1.03. The third-order valence-corrected chi connectivity index (χ3v) is 1.80. The van der Waals surface area contributed by atoms with E-state index in [4.69, 9.17) is 0 Å². The van der Waals surface area contributed by atoms with E-state index in [1.54, 1.807) is 0 Å². The highest BCUT2D eigenvalue weighted by atomic mass is 32.1. The lowest BCUT2D eigenvalue weighted by atomic mass is 10.4. The Balaban J connectivity index is 0. The van der Waals surface area contributed by atoms with Gasteiger partial charge in [0.05, 0.1) is 0 Å². The Morgan fingerprint density at radius 1 is 0.900 bits per heavy atom. The molecule has 0 aromatic heterocycles. The first kappa shape index (κ1) is 12.9. The first-order valence-corrected chi connectivity index (χ1v) is 4.56. The number of hydrogen-bond donors (Lipinski definition) is 1. The maximum atomic E-state index is 4.06. The molecule has 2 heteroatoms. The lowest BCUT2D eigenvalue weighted by Gasteiger charge is -2.05. The van der Waals surface area contributed by atoms with E-state index in [-0.39, 0.29) is 0 Å². The van der Waals surface area contributed by atoms with Crippen LogP contribution in [0.4, 0.5) is 0 Å². The molecule has 0 saturated heterocycles. The van der Waals surface area contributed by atoms with E-state index in [2.05, 4.69) is 40.5 Å². The monoisotopic (exact) mass is 163 g/mol. The average molecular weight is 163 g/mol. The van der Waals surface area contributed by atoms with Gasteiger partial charge in [0.1, 0.15) is 0 Å². The minimum Gasteiger partial charge on any atom is -0.254 e. The van der Waals surface area contributed by atoms with Crippen molar-refractivity contribution in [3.8, 4) is 0 Å². The molecule has 0 amide bonds. The number of rotatable bonds is 3. The molecule has 0 heterocycles. The van der Waals surface area contributed by atoms with E-state index in [9.17, 15) is 0 Å². The Labute approximate surface area is 71.3 Å². The molecular formula is C8H21NS. The van der Waals surface area contributed by atoms with E-state index in [0.29, 0.717) is 0 Å². The lowest BCUT2D eigenvalue weighted by molar-refractivity contribution is 0.532. The smallest absolute Gasteiger partial charge is 0.00584 e. The normalized spacial score (nSPS) is 9.00. The minimum atomic E-state index is 1.03. The van der Waals surface area contributed by atoms with Crippen molar-refractivity contribution < 1.29 is 0 Å². The first-order chi connectivity index (χ1) is 4.72. The van der Waals surface area contributed by atoms with Crippen molar-refractivity contribution in [2.75, 3.05) is 13.1 Å². The van der Waals surface area contributed by atoms with Crippen molar-refractivity contribution in [1.29, 1.82) is 0 Å². The number of thiol groups is 1. The molecule has 0 spiro atoms. The van der Waals surface area contributed by atoms with Crippen LogP contribution >= 0.6 is 12.8 Å². The molecule has 0 aromatic rings. The van der Waals surface area contributed by atoms with Crippen molar-refractivity contribution in [2.24, 2.45) is 0 Å². The van der Waals surface area contributed by atoms with Gasteiger partial charge in [-0.15, -0.1) is 0 Å². The highest BCUT2D eigenvalue weighted by Gasteiger charge is 1.83. The number of unbranched alkanes of at least 4 members (excludes halogenated alkanes) is 1. The Morgan fingerprint density at radius 2 is 1.20 bits per heavy atom. The molecule has 0 aliphatic heterocycles. The van der Waals surface area contributed by atoms with Crippen molar-refractivity contribution >= 4 is 12.8 Å². The van der Waals surface area contributed by atoms with Crippen molar-refractivity contribution in [1.82, 2.24) is 4.31 Å². The third kappa shape index (κ3) is 15.7. The fourth-order valence-corrected chi connectivity index (χ4v) is 0.224. The fourth-order valence-electron chi connectivity index (χ4n) is 0.224. The van der Waals surface area contributed by atoms with Crippen LogP contribution in [0.5, 0.6) is 0 Å². The molecule has 0 radical (unpaired) electrons. The molecule has 0 unspecified atom stereocenters. The molecular weight excluding hydrogens is 142 g/mol. The van der Waals surface area contributed by atoms with E-state index in [1.807, 2.05) is 4.31 Å². The molecule has 64 valence electrons. The van der Waals surface area contributed by atoms with Gasteiger partial charge in [0, 0.05) is 13.1 Å². The van der Waals surface area contributed by atoms with Crippen LogP contribution in [0.25, 0.3) is 0 Å². The molecule has 0 rings (SSSR count). The summed E-state index contributed by atoms with van der Waals surface area (Å²) in [5, 5.41) is 0. The standard InChI is InChI=1S/C4H11NS.C4H10/c1-3-5(6)4-2;1-3-4-2/h6H,3-4H2,1-2H3;3-4H2,1-2H3. The maximum Gasteiger partial charge on any atom is 0.00584 e. The van der Waals surface area contributed by atoms with Crippen LogP contribution in [0.1, 0.15) is 40.5 Å². The third-order valence-electron chi connectivity index (χ3n) is 1.23. The van der Waals surface area contributed by atoms with Crippen LogP contribution in [0.15, 0.2) is 0 Å². The summed E-state index contributed by atoms with van der Waals surface area (Å²) in [6.45, 7) is 10.6. The summed E-state index contributed by atoms with van der Waals surface area (Å²) in [5.41, 5.74) is 0. The fraction of sp³-hybridized carbons (Fsp3) is 1.00. The molecule has 0 aliphatic rings. The lowest BCUT2D eigenvalue weighted by Crippen LogP contribution is -2.08. The van der Waals surface area contributed by atoms with Gasteiger partial charge in [-0.2, -0.15) is 0 Å². The van der Waals surface area contributed by atoms with E-state index in [0.717, 1.165) is 13.1 Å². The van der Waals surface area contributed by atoms with E-state index in [1.165, 1.54) is 12.8 Å². The summed E-state index contributed by atoms with van der Waals surface area (Å²) < 4.78 is 1.94. The summed E-state index contributed by atoms with van der Waals surface area (Å²) in [6.07, 6.45) is 2.64. The first-order valence-electron chi connectivity index (χ1n) is 4.16. The van der Waals surface area contributed by atoms with Crippen LogP contribution in [-0.4, -0.2) is 17.4 Å². The average Bonchev–Trinajstić information content (AvgIpc) is 2.03. The van der Waals surface area contributed by atoms with Gasteiger partial charge < -0.3 is 0 Å².